The Bertz CT molecular complexity index is 234. The highest BCUT2D eigenvalue weighted by Gasteiger charge is 2.27. The van der Waals surface area contributed by atoms with E-state index in [1.165, 1.54) is 18.7 Å². The van der Waals surface area contributed by atoms with Crippen LogP contribution in [-0.2, 0) is 4.79 Å². The first-order valence-corrected chi connectivity index (χ1v) is 5.17. The van der Waals surface area contributed by atoms with Crippen molar-refractivity contribution in [1.82, 2.24) is 0 Å². The van der Waals surface area contributed by atoms with Gasteiger partial charge in [0.05, 0.1) is 6.54 Å². The minimum Gasteiger partial charge on any atom is -0.480 e. The van der Waals surface area contributed by atoms with Gasteiger partial charge in [0.2, 0.25) is 0 Å². The molecular weight excluding hydrogens is 275 g/mol. The van der Waals surface area contributed by atoms with Crippen LogP contribution in [0.1, 0.15) is 6.92 Å². The highest BCUT2D eigenvalue weighted by Crippen LogP contribution is 2.10. The number of aliphatic carboxylic acids is 1. The summed E-state index contributed by atoms with van der Waals surface area (Å²) in [6, 6.07) is 0. The van der Waals surface area contributed by atoms with Crippen molar-refractivity contribution >= 4 is 48.5 Å². The van der Waals surface area contributed by atoms with Crippen molar-refractivity contribution in [2.75, 3.05) is 18.1 Å². The van der Waals surface area contributed by atoms with Gasteiger partial charge >= 0.3 is 5.97 Å². The van der Waals surface area contributed by atoms with Crippen molar-refractivity contribution in [2.24, 2.45) is 22.2 Å². The molecular formula is C7H18Cl2N4O2S. The van der Waals surface area contributed by atoms with Crippen molar-refractivity contribution in [3.8, 4) is 0 Å². The highest BCUT2D eigenvalue weighted by atomic mass is 35.5. The van der Waals surface area contributed by atoms with Crippen molar-refractivity contribution in [3.05, 3.63) is 0 Å². The zero-order valence-electron chi connectivity index (χ0n) is 8.88. The molecule has 0 amide bonds. The van der Waals surface area contributed by atoms with Crippen LogP contribution in [0.2, 0.25) is 0 Å². The minimum absolute atomic E-state index is 0. The Balaban J connectivity index is -0.000000845. The molecule has 6 nitrogen and oxygen atoms in total. The maximum Gasteiger partial charge on any atom is 0.324 e. The molecule has 0 saturated carbocycles. The topological polar surface area (TPSA) is 128 Å². The van der Waals surface area contributed by atoms with Gasteiger partial charge in [0.15, 0.2) is 5.96 Å². The predicted octanol–water partition coefficient (Wildman–Crippen LogP) is -0.361. The summed E-state index contributed by atoms with van der Waals surface area (Å²) in [5.41, 5.74) is 14.5. The van der Waals surface area contributed by atoms with Gasteiger partial charge < -0.3 is 22.3 Å². The third-order valence-electron chi connectivity index (χ3n) is 1.42. The fourth-order valence-corrected chi connectivity index (χ4v) is 1.50. The molecule has 0 aliphatic heterocycles. The van der Waals surface area contributed by atoms with Crippen LogP contribution in [0.15, 0.2) is 4.99 Å². The van der Waals surface area contributed by atoms with E-state index in [4.69, 9.17) is 22.3 Å². The average molecular weight is 293 g/mol. The van der Waals surface area contributed by atoms with E-state index in [2.05, 4.69) is 4.99 Å². The lowest BCUT2D eigenvalue weighted by molar-refractivity contribution is -0.141. The molecule has 0 aromatic rings. The molecule has 1 atom stereocenters. The van der Waals surface area contributed by atoms with Gasteiger partial charge in [-0.05, 0) is 6.92 Å². The van der Waals surface area contributed by atoms with Crippen molar-refractivity contribution in [3.63, 3.8) is 0 Å². The summed E-state index contributed by atoms with van der Waals surface area (Å²) in [5.74, 6) is 0.0199. The van der Waals surface area contributed by atoms with Crippen LogP contribution in [0.3, 0.4) is 0 Å². The zero-order valence-corrected chi connectivity index (χ0v) is 11.3. The molecule has 0 aliphatic carbocycles. The van der Waals surface area contributed by atoms with Crippen LogP contribution >= 0.6 is 36.6 Å². The Morgan fingerprint density at radius 2 is 1.94 bits per heavy atom. The first-order valence-electron chi connectivity index (χ1n) is 4.01. The maximum absolute atomic E-state index is 10.6. The number of thioether (sulfide) groups is 1. The van der Waals surface area contributed by atoms with Crippen LogP contribution < -0.4 is 17.2 Å². The SMILES string of the molecule is C[C@](N)(CSCCN=C(N)N)C(=O)O.Cl.Cl. The number of carboxylic acid groups (broad SMARTS) is 1. The molecule has 0 radical (unpaired) electrons. The van der Waals surface area contributed by atoms with E-state index < -0.39 is 11.5 Å². The standard InChI is InChI=1S/C7H16N4O2S.2ClH/c1-7(10,5(12)13)4-14-3-2-11-6(8)9;;/h2-4,10H2,1H3,(H,12,13)(H4,8,9,11);2*1H/t7-;;/m0../s1. The zero-order chi connectivity index (χ0) is 11.2. The number of hydrogen-bond donors (Lipinski definition) is 4. The van der Waals surface area contributed by atoms with E-state index in [9.17, 15) is 4.79 Å². The molecule has 0 spiro atoms. The molecule has 0 unspecified atom stereocenters. The van der Waals surface area contributed by atoms with Gasteiger partial charge in [0, 0.05) is 11.5 Å². The van der Waals surface area contributed by atoms with Crippen LogP contribution in [0.5, 0.6) is 0 Å². The number of nitrogens with zero attached hydrogens (tertiary/aromatic N) is 1. The Morgan fingerprint density at radius 1 is 1.44 bits per heavy atom. The van der Waals surface area contributed by atoms with E-state index in [-0.39, 0.29) is 30.8 Å². The highest BCUT2D eigenvalue weighted by molar-refractivity contribution is 7.99. The van der Waals surface area contributed by atoms with Gasteiger partial charge in [0.25, 0.3) is 0 Å². The van der Waals surface area contributed by atoms with Crippen LogP contribution in [-0.4, -0.2) is 40.6 Å². The van der Waals surface area contributed by atoms with Crippen LogP contribution in [0.4, 0.5) is 0 Å². The lowest BCUT2D eigenvalue weighted by Gasteiger charge is -2.17. The molecule has 0 heterocycles. The first kappa shape index (κ1) is 21.0. The molecule has 7 N–H and O–H groups in total. The Morgan fingerprint density at radius 3 is 2.31 bits per heavy atom. The smallest absolute Gasteiger partial charge is 0.324 e. The van der Waals surface area contributed by atoms with Gasteiger partial charge in [-0.25, -0.2) is 0 Å². The van der Waals surface area contributed by atoms with E-state index in [1.807, 2.05) is 0 Å². The van der Waals surface area contributed by atoms with Gasteiger partial charge in [-0.1, -0.05) is 0 Å². The fourth-order valence-electron chi connectivity index (χ4n) is 0.585. The third kappa shape index (κ3) is 10.2. The largest absolute Gasteiger partial charge is 0.480 e. The summed E-state index contributed by atoms with van der Waals surface area (Å²) in [5, 5.41) is 8.68. The summed E-state index contributed by atoms with van der Waals surface area (Å²) < 4.78 is 0. The third-order valence-corrected chi connectivity index (χ3v) is 2.70. The summed E-state index contributed by atoms with van der Waals surface area (Å²) in [7, 11) is 0. The van der Waals surface area contributed by atoms with Crippen LogP contribution in [0.25, 0.3) is 0 Å². The molecule has 9 heteroatoms. The number of guanidine groups is 1. The first-order chi connectivity index (χ1) is 6.36. The Labute approximate surface area is 111 Å². The molecule has 0 rings (SSSR count). The van der Waals surface area contributed by atoms with Gasteiger partial charge in [-0.2, -0.15) is 11.8 Å². The quantitative estimate of drug-likeness (QED) is 0.301. The summed E-state index contributed by atoms with van der Waals surface area (Å²) in [6.07, 6.45) is 0. The fraction of sp³-hybridized carbons (Fsp3) is 0.714. The summed E-state index contributed by atoms with van der Waals surface area (Å²) in [6.45, 7) is 1.95. The molecule has 0 saturated heterocycles. The Kier molecular flexibility index (Phi) is 12.9. The number of rotatable bonds is 6. The molecule has 0 aromatic heterocycles. The van der Waals surface area contributed by atoms with Gasteiger partial charge in [0.1, 0.15) is 5.54 Å². The maximum atomic E-state index is 10.6. The van der Waals surface area contributed by atoms with E-state index in [0.29, 0.717) is 18.1 Å². The summed E-state index contributed by atoms with van der Waals surface area (Å²) in [4.78, 5) is 14.3. The number of nitrogens with two attached hydrogens (primary N) is 3. The minimum atomic E-state index is -1.19. The molecule has 0 aromatic carbocycles. The molecule has 0 bridgehead atoms. The predicted molar refractivity (Wildman–Crippen MR) is 72.7 cm³/mol. The number of hydrogen-bond acceptors (Lipinski definition) is 4. The van der Waals surface area contributed by atoms with Gasteiger partial charge in [-0.15, -0.1) is 24.8 Å². The second-order valence-electron chi connectivity index (χ2n) is 3.08. The normalized spacial score (nSPS) is 12.6. The number of carbonyl (C=O) groups is 1. The second-order valence-corrected chi connectivity index (χ2v) is 4.19. The molecule has 0 fully saturated rings. The summed E-state index contributed by atoms with van der Waals surface area (Å²) >= 11 is 1.41. The van der Waals surface area contributed by atoms with Crippen molar-refractivity contribution < 1.29 is 9.90 Å². The molecule has 0 aliphatic rings. The van der Waals surface area contributed by atoms with E-state index in [0.717, 1.165) is 0 Å². The van der Waals surface area contributed by atoms with E-state index in [1.54, 1.807) is 0 Å². The molecule has 16 heavy (non-hydrogen) atoms. The monoisotopic (exact) mass is 292 g/mol. The molecule has 98 valence electrons. The number of aliphatic imine (C=N–C) groups is 1. The van der Waals surface area contributed by atoms with Crippen molar-refractivity contribution in [2.45, 2.75) is 12.5 Å². The second kappa shape index (κ2) is 9.83. The van der Waals surface area contributed by atoms with Crippen LogP contribution in [0, 0.1) is 0 Å². The number of carboxylic acids is 1. The lowest BCUT2D eigenvalue weighted by atomic mass is 10.1. The lowest BCUT2D eigenvalue weighted by Crippen LogP contribution is -2.47. The van der Waals surface area contributed by atoms with Crippen molar-refractivity contribution in [1.29, 1.82) is 0 Å². The Hall–Kier alpha value is -0.370. The van der Waals surface area contributed by atoms with Gasteiger partial charge in [-0.3, -0.25) is 9.79 Å². The van der Waals surface area contributed by atoms with E-state index >= 15 is 0 Å². The average Bonchev–Trinajstić information content (AvgIpc) is 2.02. The number of halogens is 2.